The number of aryl methyl sites for hydroxylation is 1. The molecule has 4 aromatic carbocycles. The Hall–Kier alpha value is -3.85. The van der Waals surface area contributed by atoms with Crippen LogP contribution in [0.2, 0.25) is 0 Å². The number of benzene rings is 4. The van der Waals surface area contributed by atoms with Gasteiger partial charge in [-0.25, -0.2) is 8.78 Å². The highest BCUT2D eigenvalue weighted by Crippen LogP contribution is 2.36. The molecule has 5 nitrogen and oxygen atoms in total. The van der Waals surface area contributed by atoms with Gasteiger partial charge in [0.2, 0.25) is 0 Å². The SMILES string of the molecule is Cc1ccc(S(=O)(=O)OCC(O)C(c2cccc(F)c2)n2cc(-c3cccc(F)c3)c3ccccc32)cc1. The summed E-state index contributed by atoms with van der Waals surface area (Å²) in [6.07, 6.45) is 0.375. The summed E-state index contributed by atoms with van der Waals surface area (Å²) in [6, 6.07) is 24.6. The average molecular weight is 534 g/mol. The van der Waals surface area contributed by atoms with E-state index in [1.807, 2.05) is 31.2 Å². The Morgan fingerprint density at radius 1 is 0.868 bits per heavy atom. The molecule has 0 spiro atoms. The van der Waals surface area contributed by atoms with Crippen LogP contribution < -0.4 is 0 Å². The minimum Gasteiger partial charge on any atom is -0.388 e. The smallest absolute Gasteiger partial charge is 0.297 e. The number of fused-ring (bicyclic) bond motifs is 1. The summed E-state index contributed by atoms with van der Waals surface area (Å²) in [5.41, 5.74) is 3.35. The van der Waals surface area contributed by atoms with Gasteiger partial charge in [0, 0.05) is 22.7 Å². The third-order valence-electron chi connectivity index (χ3n) is 6.43. The maximum Gasteiger partial charge on any atom is 0.297 e. The van der Waals surface area contributed by atoms with E-state index in [4.69, 9.17) is 4.18 Å². The molecule has 0 radical (unpaired) electrons. The highest BCUT2D eigenvalue weighted by Gasteiger charge is 2.28. The normalized spacial score (nSPS) is 13.5. The van der Waals surface area contributed by atoms with Crippen molar-refractivity contribution in [2.75, 3.05) is 6.61 Å². The number of aromatic nitrogens is 1. The molecule has 0 saturated heterocycles. The van der Waals surface area contributed by atoms with E-state index < -0.39 is 40.5 Å². The fourth-order valence-corrected chi connectivity index (χ4v) is 5.53. The van der Waals surface area contributed by atoms with Crippen LogP contribution in [0.3, 0.4) is 0 Å². The minimum atomic E-state index is -4.15. The average Bonchev–Trinajstić information content (AvgIpc) is 3.27. The van der Waals surface area contributed by atoms with Crippen LogP contribution in [-0.4, -0.2) is 30.8 Å². The largest absolute Gasteiger partial charge is 0.388 e. The molecule has 0 fully saturated rings. The quantitative estimate of drug-likeness (QED) is 0.240. The lowest BCUT2D eigenvalue weighted by atomic mass is 10.0. The fourth-order valence-electron chi connectivity index (χ4n) is 4.60. The van der Waals surface area contributed by atoms with E-state index in [2.05, 4.69) is 0 Å². The van der Waals surface area contributed by atoms with Crippen molar-refractivity contribution in [2.24, 2.45) is 0 Å². The number of aliphatic hydroxyl groups is 1. The topological polar surface area (TPSA) is 68.5 Å². The van der Waals surface area contributed by atoms with E-state index >= 15 is 0 Å². The molecule has 5 aromatic rings. The van der Waals surface area contributed by atoms with E-state index in [1.165, 1.54) is 42.5 Å². The molecule has 0 amide bonds. The summed E-state index contributed by atoms with van der Waals surface area (Å²) in [5, 5.41) is 12.1. The number of hydrogen-bond donors (Lipinski definition) is 1. The second kappa shape index (κ2) is 10.5. The van der Waals surface area contributed by atoms with Crippen LogP contribution in [0.1, 0.15) is 17.2 Å². The van der Waals surface area contributed by atoms with Crippen molar-refractivity contribution in [3.05, 3.63) is 126 Å². The highest BCUT2D eigenvalue weighted by molar-refractivity contribution is 7.86. The van der Waals surface area contributed by atoms with Crippen LogP contribution in [0.4, 0.5) is 8.78 Å². The molecular formula is C30H25F2NO4S. The molecule has 0 bridgehead atoms. The second-order valence-electron chi connectivity index (χ2n) is 9.10. The lowest BCUT2D eigenvalue weighted by Gasteiger charge is -2.26. The Morgan fingerprint density at radius 3 is 2.26 bits per heavy atom. The van der Waals surface area contributed by atoms with Crippen molar-refractivity contribution in [3.63, 3.8) is 0 Å². The Morgan fingerprint density at radius 2 is 1.55 bits per heavy atom. The molecule has 2 unspecified atom stereocenters. The van der Waals surface area contributed by atoms with Crippen molar-refractivity contribution in [1.29, 1.82) is 0 Å². The van der Waals surface area contributed by atoms with Crippen molar-refractivity contribution in [1.82, 2.24) is 4.57 Å². The minimum absolute atomic E-state index is 0.0302. The van der Waals surface area contributed by atoms with Gasteiger partial charge in [-0.3, -0.25) is 4.18 Å². The first-order valence-corrected chi connectivity index (χ1v) is 13.4. The van der Waals surface area contributed by atoms with E-state index in [0.29, 0.717) is 22.2 Å². The zero-order valence-corrected chi connectivity index (χ0v) is 21.3. The Labute approximate surface area is 219 Å². The van der Waals surface area contributed by atoms with Crippen LogP contribution in [-0.2, 0) is 14.3 Å². The van der Waals surface area contributed by atoms with Crippen molar-refractivity contribution < 1.29 is 26.5 Å². The first-order valence-electron chi connectivity index (χ1n) is 12.0. The van der Waals surface area contributed by atoms with Crippen LogP contribution >= 0.6 is 0 Å². The molecule has 8 heteroatoms. The zero-order valence-electron chi connectivity index (χ0n) is 20.5. The molecule has 0 aliphatic carbocycles. The molecule has 2 atom stereocenters. The number of halogens is 2. The lowest BCUT2D eigenvalue weighted by Crippen LogP contribution is -2.30. The molecule has 38 heavy (non-hydrogen) atoms. The van der Waals surface area contributed by atoms with Crippen LogP contribution in [0.5, 0.6) is 0 Å². The summed E-state index contributed by atoms with van der Waals surface area (Å²) in [6.45, 7) is 1.27. The van der Waals surface area contributed by atoms with Gasteiger partial charge in [0.1, 0.15) is 17.7 Å². The van der Waals surface area contributed by atoms with Gasteiger partial charge in [0.05, 0.1) is 17.5 Å². The van der Waals surface area contributed by atoms with Gasteiger partial charge in [-0.05, 0) is 60.5 Å². The van der Waals surface area contributed by atoms with E-state index in [9.17, 15) is 22.3 Å². The lowest BCUT2D eigenvalue weighted by molar-refractivity contribution is 0.0784. The van der Waals surface area contributed by atoms with E-state index in [0.717, 1.165) is 10.9 Å². The zero-order chi connectivity index (χ0) is 26.9. The van der Waals surface area contributed by atoms with Crippen molar-refractivity contribution in [3.8, 4) is 11.1 Å². The monoisotopic (exact) mass is 533 g/mol. The summed E-state index contributed by atoms with van der Waals surface area (Å²) in [7, 11) is -4.15. The van der Waals surface area contributed by atoms with Crippen LogP contribution in [0, 0.1) is 18.6 Å². The summed E-state index contributed by atoms with van der Waals surface area (Å²) >= 11 is 0. The van der Waals surface area contributed by atoms with E-state index in [-0.39, 0.29) is 4.90 Å². The molecule has 5 rings (SSSR count). The van der Waals surface area contributed by atoms with Gasteiger partial charge in [-0.1, -0.05) is 60.2 Å². The van der Waals surface area contributed by atoms with Gasteiger partial charge in [-0.2, -0.15) is 8.42 Å². The standard InChI is InChI=1S/C30H25F2NO4S/c1-20-12-14-25(15-13-20)38(35,36)37-19-29(34)30(22-7-5-9-24(32)17-22)33-18-27(21-6-4-8-23(31)16-21)26-10-2-3-11-28(26)33/h2-18,29-30,34H,19H2,1H3. The third kappa shape index (κ3) is 5.24. The molecular weight excluding hydrogens is 508 g/mol. The maximum absolute atomic E-state index is 14.3. The highest BCUT2D eigenvalue weighted by atomic mass is 32.2. The molecule has 0 aliphatic rings. The first-order chi connectivity index (χ1) is 18.2. The van der Waals surface area contributed by atoms with Crippen molar-refractivity contribution in [2.45, 2.75) is 24.0 Å². The Bertz CT molecular complexity index is 1700. The number of hydrogen-bond acceptors (Lipinski definition) is 4. The summed E-state index contributed by atoms with van der Waals surface area (Å²) in [4.78, 5) is -0.0302. The van der Waals surface area contributed by atoms with Gasteiger partial charge in [0.15, 0.2) is 0 Å². The summed E-state index contributed by atoms with van der Waals surface area (Å²) < 4.78 is 61.0. The molecule has 1 aromatic heterocycles. The molecule has 1 heterocycles. The van der Waals surface area contributed by atoms with Crippen molar-refractivity contribution >= 4 is 21.0 Å². The third-order valence-corrected chi connectivity index (χ3v) is 7.73. The Balaban J connectivity index is 1.57. The first kappa shape index (κ1) is 25.8. The maximum atomic E-state index is 14.3. The van der Waals surface area contributed by atoms with Crippen LogP contribution in [0.25, 0.3) is 22.0 Å². The van der Waals surface area contributed by atoms with Gasteiger partial charge < -0.3 is 9.67 Å². The number of nitrogens with zero attached hydrogens (tertiary/aromatic N) is 1. The van der Waals surface area contributed by atoms with Crippen LogP contribution in [0.15, 0.2) is 108 Å². The number of para-hydroxylation sites is 1. The molecule has 194 valence electrons. The fraction of sp³-hybridized carbons (Fsp3) is 0.133. The van der Waals surface area contributed by atoms with Gasteiger partial charge in [-0.15, -0.1) is 0 Å². The van der Waals surface area contributed by atoms with E-state index in [1.54, 1.807) is 41.1 Å². The predicted molar refractivity (Wildman–Crippen MR) is 142 cm³/mol. The molecule has 0 aliphatic heterocycles. The molecule has 0 saturated carbocycles. The van der Waals surface area contributed by atoms with Gasteiger partial charge in [0.25, 0.3) is 10.1 Å². The summed E-state index contributed by atoms with van der Waals surface area (Å²) in [5.74, 6) is -0.898. The predicted octanol–water partition coefficient (Wildman–Crippen LogP) is 6.25. The molecule has 1 N–H and O–H groups in total. The van der Waals surface area contributed by atoms with Gasteiger partial charge >= 0.3 is 0 Å². The second-order valence-corrected chi connectivity index (χ2v) is 10.7. The Kier molecular flexibility index (Phi) is 7.12. The number of rotatable bonds is 8. The number of aliphatic hydroxyl groups excluding tert-OH is 1.